The number of hydrogen-bond donors (Lipinski definition) is 0. The molecule has 0 aliphatic rings. The van der Waals surface area contributed by atoms with Crippen LogP contribution in [0.15, 0.2) is 42.6 Å². The molecule has 4 heteroatoms. The van der Waals surface area contributed by atoms with E-state index in [0.29, 0.717) is 12.2 Å². The van der Waals surface area contributed by atoms with Crippen LogP contribution in [0.25, 0.3) is 16.4 Å². The topological polar surface area (TPSA) is 39.9 Å². The number of carbonyl (C=O) groups excluding carboxylic acids is 1. The van der Waals surface area contributed by atoms with Gasteiger partial charge in [0.25, 0.3) is 0 Å². The first kappa shape index (κ1) is 12.5. The summed E-state index contributed by atoms with van der Waals surface area (Å²) in [5, 5.41) is 0.888. The van der Waals surface area contributed by atoms with Crippen molar-refractivity contribution in [1.82, 2.24) is 4.40 Å². The van der Waals surface area contributed by atoms with Crippen molar-refractivity contribution in [2.45, 2.75) is 6.92 Å². The molecule has 0 bridgehead atoms. The van der Waals surface area contributed by atoms with Gasteiger partial charge in [-0.25, -0.2) is 4.79 Å². The first-order valence-corrected chi connectivity index (χ1v) is 6.50. The van der Waals surface area contributed by atoms with E-state index in [4.69, 9.17) is 9.47 Å². The van der Waals surface area contributed by atoms with E-state index in [-0.39, 0.29) is 5.97 Å². The summed E-state index contributed by atoms with van der Waals surface area (Å²) in [5.41, 5.74) is 2.39. The minimum Gasteiger partial charge on any atom is -0.495 e. The number of carbonyl (C=O) groups is 1. The van der Waals surface area contributed by atoms with Gasteiger partial charge in [-0.3, -0.25) is 0 Å². The van der Waals surface area contributed by atoms with Crippen LogP contribution < -0.4 is 4.74 Å². The van der Waals surface area contributed by atoms with Gasteiger partial charge < -0.3 is 13.9 Å². The number of rotatable bonds is 3. The van der Waals surface area contributed by atoms with Gasteiger partial charge in [0.05, 0.1) is 36.5 Å². The fourth-order valence-corrected chi connectivity index (χ4v) is 2.46. The quantitative estimate of drug-likeness (QED) is 0.685. The molecule has 0 saturated carbocycles. The standard InChI is InChI=1S/C16H15NO3/c1-3-20-16(18)15-12-6-4-5-7-13(12)17-10-11(19-2)8-9-14(15)17/h4-10H,3H2,1-2H3. The SMILES string of the molecule is CCOC(=O)c1c2ccccc2n2cc(OC)ccc12. The number of methoxy groups -OCH3 is 1. The fraction of sp³-hybridized carbons (Fsp3) is 0.188. The normalized spacial score (nSPS) is 10.9. The van der Waals surface area contributed by atoms with Crippen molar-refractivity contribution in [2.24, 2.45) is 0 Å². The molecular weight excluding hydrogens is 254 g/mol. The molecule has 4 nitrogen and oxygen atoms in total. The summed E-state index contributed by atoms with van der Waals surface area (Å²) in [5.74, 6) is 0.449. The summed E-state index contributed by atoms with van der Waals surface area (Å²) >= 11 is 0. The van der Waals surface area contributed by atoms with Crippen molar-refractivity contribution in [3.8, 4) is 5.75 Å². The Balaban J connectivity index is 2.38. The lowest BCUT2D eigenvalue weighted by Crippen LogP contribution is -2.04. The average molecular weight is 269 g/mol. The van der Waals surface area contributed by atoms with Gasteiger partial charge in [0.1, 0.15) is 5.75 Å². The second kappa shape index (κ2) is 4.89. The monoisotopic (exact) mass is 269 g/mol. The molecule has 0 saturated heterocycles. The number of aromatic nitrogens is 1. The second-order valence-electron chi connectivity index (χ2n) is 4.44. The summed E-state index contributed by atoms with van der Waals surface area (Å²) in [4.78, 5) is 12.2. The van der Waals surface area contributed by atoms with Gasteiger partial charge in [0, 0.05) is 5.39 Å². The molecular formula is C16H15NO3. The van der Waals surface area contributed by atoms with E-state index in [1.54, 1.807) is 14.0 Å². The predicted molar refractivity (Wildman–Crippen MR) is 77.4 cm³/mol. The number of esters is 1. The van der Waals surface area contributed by atoms with Crippen LogP contribution in [0.3, 0.4) is 0 Å². The van der Waals surface area contributed by atoms with Crippen molar-refractivity contribution < 1.29 is 14.3 Å². The predicted octanol–water partition coefficient (Wildman–Crippen LogP) is 3.28. The van der Waals surface area contributed by atoms with E-state index in [9.17, 15) is 4.79 Å². The molecule has 0 N–H and O–H groups in total. The van der Waals surface area contributed by atoms with Gasteiger partial charge in [-0.05, 0) is 25.1 Å². The summed E-state index contributed by atoms with van der Waals surface area (Å²) < 4.78 is 12.4. The third-order valence-corrected chi connectivity index (χ3v) is 3.33. The fourth-order valence-electron chi connectivity index (χ4n) is 2.46. The molecule has 0 unspecified atom stereocenters. The molecule has 20 heavy (non-hydrogen) atoms. The van der Waals surface area contributed by atoms with E-state index in [2.05, 4.69) is 0 Å². The summed E-state index contributed by atoms with van der Waals surface area (Å²) in [6, 6.07) is 11.5. The summed E-state index contributed by atoms with van der Waals surface area (Å²) in [6.45, 7) is 2.17. The Kier molecular flexibility index (Phi) is 3.06. The van der Waals surface area contributed by atoms with Gasteiger partial charge >= 0.3 is 5.97 Å². The Morgan fingerprint density at radius 3 is 2.70 bits per heavy atom. The maximum Gasteiger partial charge on any atom is 0.340 e. The zero-order valence-corrected chi connectivity index (χ0v) is 11.4. The lowest BCUT2D eigenvalue weighted by molar-refractivity contribution is 0.0531. The molecule has 0 amide bonds. The zero-order valence-electron chi connectivity index (χ0n) is 11.4. The van der Waals surface area contributed by atoms with Crippen LogP contribution >= 0.6 is 0 Å². The van der Waals surface area contributed by atoms with Gasteiger partial charge in [-0.2, -0.15) is 0 Å². The Morgan fingerprint density at radius 2 is 1.95 bits per heavy atom. The third kappa shape index (κ3) is 1.81. The average Bonchev–Trinajstić information content (AvgIpc) is 2.81. The van der Waals surface area contributed by atoms with Crippen LogP contribution in [0.5, 0.6) is 5.75 Å². The van der Waals surface area contributed by atoms with Crippen LogP contribution in [-0.4, -0.2) is 24.1 Å². The number of fused-ring (bicyclic) bond motifs is 3. The van der Waals surface area contributed by atoms with Crippen LogP contribution in [0.2, 0.25) is 0 Å². The first-order chi connectivity index (χ1) is 9.76. The molecule has 0 aliphatic carbocycles. The molecule has 1 aromatic carbocycles. The van der Waals surface area contributed by atoms with E-state index < -0.39 is 0 Å². The van der Waals surface area contributed by atoms with Crippen LogP contribution in [0.1, 0.15) is 17.3 Å². The summed E-state index contributed by atoms with van der Waals surface area (Å²) in [7, 11) is 1.62. The van der Waals surface area contributed by atoms with E-state index in [0.717, 1.165) is 22.2 Å². The smallest absolute Gasteiger partial charge is 0.340 e. The Labute approximate surface area is 116 Å². The molecule has 2 heterocycles. The zero-order chi connectivity index (χ0) is 14.1. The van der Waals surface area contributed by atoms with Crippen molar-refractivity contribution in [3.05, 3.63) is 48.2 Å². The molecule has 0 spiro atoms. The molecule has 0 aliphatic heterocycles. The number of para-hydroxylation sites is 1. The molecule has 0 fully saturated rings. The highest BCUT2D eigenvalue weighted by Crippen LogP contribution is 2.29. The van der Waals surface area contributed by atoms with Crippen molar-refractivity contribution >= 4 is 22.4 Å². The van der Waals surface area contributed by atoms with Crippen LogP contribution in [0, 0.1) is 0 Å². The Bertz CT molecular complexity index is 789. The highest BCUT2D eigenvalue weighted by molar-refractivity contribution is 6.11. The summed E-state index contributed by atoms with van der Waals surface area (Å²) in [6.07, 6.45) is 1.88. The Hall–Kier alpha value is -2.49. The number of benzene rings is 1. The third-order valence-electron chi connectivity index (χ3n) is 3.33. The maximum atomic E-state index is 12.2. The van der Waals surface area contributed by atoms with Crippen molar-refractivity contribution in [1.29, 1.82) is 0 Å². The first-order valence-electron chi connectivity index (χ1n) is 6.50. The molecule has 0 atom stereocenters. The van der Waals surface area contributed by atoms with Gasteiger partial charge in [-0.15, -0.1) is 0 Å². The number of ether oxygens (including phenoxy) is 2. The van der Waals surface area contributed by atoms with Crippen molar-refractivity contribution in [3.63, 3.8) is 0 Å². The van der Waals surface area contributed by atoms with Gasteiger partial charge in [0.15, 0.2) is 0 Å². The lowest BCUT2D eigenvalue weighted by Gasteiger charge is -2.03. The molecule has 102 valence electrons. The van der Waals surface area contributed by atoms with Crippen molar-refractivity contribution in [2.75, 3.05) is 13.7 Å². The minimum absolute atomic E-state index is 0.295. The number of pyridine rings is 1. The van der Waals surface area contributed by atoms with E-state index in [1.165, 1.54) is 0 Å². The minimum atomic E-state index is -0.295. The largest absolute Gasteiger partial charge is 0.495 e. The molecule has 3 rings (SSSR count). The maximum absolute atomic E-state index is 12.2. The van der Waals surface area contributed by atoms with Crippen LogP contribution in [-0.2, 0) is 4.74 Å². The van der Waals surface area contributed by atoms with Gasteiger partial charge in [0.2, 0.25) is 0 Å². The molecule has 0 radical (unpaired) electrons. The van der Waals surface area contributed by atoms with Gasteiger partial charge in [-0.1, -0.05) is 18.2 Å². The second-order valence-corrected chi connectivity index (χ2v) is 4.44. The van der Waals surface area contributed by atoms with E-state index in [1.807, 2.05) is 47.0 Å². The highest BCUT2D eigenvalue weighted by Gasteiger charge is 2.19. The molecule has 2 aromatic heterocycles. The lowest BCUT2D eigenvalue weighted by atomic mass is 10.1. The Morgan fingerprint density at radius 1 is 1.15 bits per heavy atom. The van der Waals surface area contributed by atoms with Crippen LogP contribution in [0.4, 0.5) is 0 Å². The number of nitrogens with zero attached hydrogens (tertiary/aromatic N) is 1. The molecule has 3 aromatic rings. The highest BCUT2D eigenvalue weighted by atomic mass is 16.5. The number of hydrogen-bond acceptors (Lipinski definition) is 3. The van der Waals surface area contributed by atoms with E-state index >= 15 is 0 Å².